The third-order valence-corrected chi connectivity index (χ3v) is 6.59. The summed E-state index contributed by atoms with van der Waals surface area (Å²) in [4.78, 5) is 41.2. The zero-order valence-corrected chi connectivity index (χ0v) is 20.1. The van der Waals surface area contributed by atoms with E-state index in [0.717, 1.165) is 17.5 Å². The van der Waals surface area contributed by atoms with Gasteiger partial charge in [-0.05, 0) is 41.3 Å². The Morgan fingerprint density at radius 3 is 2.56 bits per heavy atom. The number of ether oxygens (including phenoxy) is 1. The van der Waals surface area contributed by atoms with Gasteiger partial charge in [0.1, 0.15) is 12.3 Å². The molecular formula is C29H27N3O4. The van der Waals surface area contributed by atoms with E-state index in [0.29, 0.717) is 41.9 Å². The maximum Gasteiger partial charge on any atom is 0.255 e. The Bertz CT molecular complexity index is 1510. The van der Waals surface area contributed by atoms with Crippen LogP contribution >= 0.6 is 0 Å². The summed E-state index contributed by atoms with van der Waals surface area (Å²) in [6, 6.07) is 24.1. The molecule has 0 saturated heterocycles. The van der Waals surface area contributed by atoms with Gasteiger partial charge in [-0.1, -0.05) is 54.6 Å². The number of pyridine rings is 1. The molecule has 1 N–H and O–H groups in total. The molecule has 1 aromatic heterocycles. The van der Waals surface area contributed by atoms with E-state index in [4.69, 9.17) is 4.74 Å². The summed E-state index contributed by atoms with van der Waals surface area (Å²) in [5, 5.41) is 3.51. The minimum absolute atomic E-state index is 0.144. The van der Waals surface area contributed by atoms with Crippen molar-refractivity contribution in [3.05, 3.63) is 111 Å². The second-order valence-corrected chi connectivity index (χ2v) is 8.87. The minimum Gasteiger partial charge on any atom is -0.497 e. The van der Waals surface area contributed by atoms with Crippen molar-refractivity contribution < 1.29 is 14.3 Å². The predicted octanol–water partition coefficient (Wildman–Crippen LogP) is 3.53. The number of hydrogen-bond donors (Lipinski definition) is 1. The van der Waals surface area contributed by atoms with E-state index in [1.54, 1.807) is 24.1 Å². The van der Waals surface area contributed by atoms with E-state index < -0.39 is 0 Å². The zero-order valence-electron chi connectivity index (χ0n) is 20.1. The van der Waals surface area contributed by atoms with Gasteiger partial charge in [0, 0.05) is 31.1 Å². The van der Waals surface area contributed by atoms with Crippen molar-refractivity contribution in [2.24, 2.45) is 0 Å². The molecule has 0 atom stereocenters. The number of amides is 2. The van der Waals surface area contributed by atoms with Gasteiger partial charge in [-0.2, -0.15) is 0 Å². The van der Waals surface area contributed by atoms with Crippen molar-refractivity contribution in [3.63, 3.8) is 0 Å². The molecule has 182 valence electrons. The molecule has 1 aliphatic heterocycles. The van der Waals surface area contributed by atoms with Crippen LogP contribution in [0.15, 0.2) is 83.7 Å². The summed E-state index contributed by atoms with van der Waals surface area (Å²) in [6.45, 7) is 1.28. The van der Waals surface area contributed by atoms with Crippen LogP contribution < -0.4 is 15.6 Å². The molecule has 5 rings (SSSR count). The number of fused-ring (bicyclic) bond motifs is 2. The monoisotopic (exact) mass is 481 g/mol. The van der Waals surface area contributed by atoms with Crippen LogP contribution in [0.1, 0.15) is 27.0 Å². The molecule has 1 aliphatic rings. The van der Waals surface area contributed by atoms with Gasteiger partial charge >= 0.3 is 0 Å². The van der Waals surface area contributed by atoms with Crippen LogP contribution in [0.3, 0.4) is 0 Å². The normalized spacial score (nSPS) is 12.8. The number of nitrogens with one attached hydrogen (secondary N) is 1. The number of para-hydroxylation sites is 1. The zero-order chi connectivity index (χ0) is 25.1. The second-order valence-electron chi connectivity index (χ2n) is 8.87. The first-order valence-electron chi connectivity index (χ1n) is 11.9. The third-order valence-electron chi connectivity index (χ3n) is 6.59. The lowest BCUT2D eigenvalue weighted by molar-refractivity contribution is -0.121. The Morgan fingerprint density at radius 1 is 0.944 bits per heavy atom. The standard InChI is InChI=1S/C29H27N3O4/c1-36-23-10-6-7-20(15-23)17-30-27(33)19-32-26-12-5-4-11-24(26)25(16-28(32)34)29(35)31-14-13-21-8-2-3-9-22(21)18-31/h2-12,15-16H,13-14,17-19H2,1H3,(H,30,33). The molecule has 7 heteroatoms. The molecule has 0 radical (unpaired) electrons. The average Bonchev–Trinajstić information content (AvgIpc) is 2.92. The Labute approximate surface area is 208 Å². The van der Waals surface area contributed by atoms with Gasteiger partial charge in [0.2, 0.25) is 5.91 Å². The fourth-order valence-electron chi connectivity index (χ4n) is 4.70. The number of aromatic nitrogens is 1. The first-order valence-corrected chi connectivity index (χ1v) is 11.9. The van der Waals surface area contributed by atoms with Gasteiger partial charge in [-0.3, -0.25) is 19.0 Å². The number of rotatable bonds is 6. The van der Waals surface area contributed by atoms with E-state index in [2.05, 4.69) is 11.4 Å². The number of carbonyl (C=O) groups is 2. The number of benzene rings is 3. The summed E-state index contributed by atoms with van der Waals surface area (Å²) in [5.74, 6) is 0.241. The molecule has 0 bridgehead atoms. The number of nitrogens with zero attached hydrogens (tertiary/aromatic N) is 2. The quantitative estimate of drug-likeness (QED) is 0.457. The summed E-state index contributed by atoms with van der Waals surface area (Å²) in [7, 11) is 1.59. The van der Waals surface area contributed by atoms with Gasteiger partial charge in [0.05, 0.1) is 18.2 Å². The Balaban J connectivity index is 1.38. The van der Waals surface area contributed by atoms with Crippen LogP contribution in [-0.2, 0) is 30.8 Å². The van der Waals surface area contributed by atoms with Gasteiger partial charge < -0.3 is 15.0 Å². The second kappa shape index (κ2) is 10.1. The number of carbonyl (C=O) groups excluding carboxylic acids is 2. The molecule has 3 aromatic carbocycles. The van der Waals surface area contributed by atoms with E-state index in [-0.39, 0.29) is 23.9 Å². The maximum absolute atomic E-state index is 13.5. The van der Waals surface area contributed by atoms with Crippen LogP contribution in [0.2, 0.25) is 0 Å². The highest BCUT2D eigenvalue weighted by Crippen LogP contribution is 2.23. The fourth-order valence-corrected chi connectivity index (χ4v) is 4.70. The molecule has 4 aromatic rings. The van der Waals surface area contributed by atoms with E-state index in [1.165, 1.54) is 16.2 Å². The van der Waals surface area contributed by atoms with Gasteiger partial charge in [0.25, 0.3) is 11.5 Å². The minimum atomic E-state index is -0.383. The molecule has 0 spiro atoms. The molecule has 0 aliphatic carbocycles. The van der Waals surface area contributed by atoms with E-state index in [1.807, 2.05) is 54.6 Å². The van der Waals surface area contributed by atoms with Crippen molar-refractivity contribution in [2.75, 3.05) is 13.7 Å². The highest BCUT2D eigenvalue weighted by molar-refractivity contribution is 6.06. The lowest BCUT2D eigenvalue weighted by atomic mass is 9.98. The van der Waals surface area contributed by atoms with E-state index in [9.17, 15) is 14.4 Å². The highest BCUT2D eigenvalue weighted by Gasteiger charge is 2.24. The summed E-state index contributed by atoms with van der Waals surface area (Å²) >= 11 is 0. The third kappa shape index (κ3) is 4.73. The van der Waals surface area contributed by atoms with Crippen molar-refractivity contribution in [2.45, 2.75) is 26.1 Å². The van der Waals surface area contributed by atoms with Crippen LogP contribution in [0.5, 0.6) is 5.75 Å². The Kier molecular flexibility index (Phi) is 6.54. The number of methoxy groups -OCH3 is 1. The Morgan fingerprint density at radius 2 is 1.72 bits per heavy atom. The van der Waals surface area contributed by atoms with Crippen LogP contribution in [0.4, 0.5) is 0 Å². The molecular weight excluding hydrogens is 454 g/mol. The van der Waals surface area contributed by atoms with Gasteiger partial charge in [-0.25, -0.2) is 0 Å². The van der Waals surface area contributed by atoms with Crippen LogP contribution in [-0.4, -0.2) is 34.9 Å². The van der Waals surface area contributed by atoms with E-state index >= 15 is 0 Å². The van der Waals surface area contributed by atoms with Crippen LogP contribution in [0.25, 0.3) is 10.9 Å². The molecule has 36 heavy (non-hydrogen) atoms. The smallest absolute Gasteiger partial charge is 0.255 e. The molecule has 0 fully saturated rings. The lowest BCUT2D eigenvalue weighted by Crippen LogP contribution is -2.37. The van der Waals surface area contributed by atoms with Crippen molar-refractivity contribution in [3.8, 4) is 5.75 Å². The summed E-state index contributed by atoms with van der Waals surface area (Å²) < 4.78 is 6.64. The highest BCUT2D eigenvalue weighted by atomic mass is 16.5. The first-order chi connectivity index (χ1) is 17.5. The van der Waals surface area contributed by atoms with Gasteiger partial charge in [-0.15, -0.1) is 0 Å². The lowest BCUT2D eigenvalue weighted by Gasteiger charge is -2.29. The van der Waals surface area contributed by atoms with Gasteiger partial charge in [0.15, 0.2) is 0 Å². The fraction of sp³-hybridized carbons (Fsp3) is 0.207. The number of hydrogen-bond acceptors (Lipinski definition) is 4. The largest absolute Gasteiger partial charge is 0.497 e. The summed E-state index contributed by atoms with van der Waals surface area (Å²) in [6.07, 6.45) is 0.782. The average molecular weight is 482 g/mol. The van der Waals surface area contributed by atoms with Crippen molar-refractivity contribution in [1.29, 1.82) is 0 Å². The predicted molar refractivity (Wildman–Crippen MR) is 138 cm³/mol. The Hall–Kier alpha value is -4.39. The summed E-state index contributed by atoms with van der Waals surface area (Å²) in [5.41, 5.74) is 3.81. The maximum atomic E-state index is 13.5. The molecule has 2 amide bonds. The molecule has 2 heterocycles. The SMILES string of the molecule is COc1cccc(CNC(=O)Cn2c(=O)cc(C(=O)N3CCc4ccccc4C3)c3ccccc32)c1. The molecule has 0 saturated carbocycles. The van der Waals surface area contributed by atoms with Crippen molar-refractivity contribution >= 4 is 22.7 Å². The van der Waals surface area contributed by atoms with Crippen LogP contribution in [0, 0.1) is 0 Å². The first kappa shape index (κ1) is 23.4. The van der Waals surface area contributed by atoms with Crippen molar-refractivity contribution in [1.82, 2.24) is 14.8 Å². The molecule has 0 unspecified atom stereocenters. The topological polar surface area (TPSA) is 80.6 Å². The molecule has 7 nitrogen and oxygen atoms in total.